The molecule has 1 fully saturated rings. The lowest BCUT2D eigenvalue weighted by Crippen LogP contribution is -2.37. The SMILES string of the molecule is O=C(O)/C=C/C(=O)O.OC1CCN(CCCN2c3ccccc3C=Cc3ccccc32)CC1. The van der Waals surface area contributed by atoms with Crippen LogP contribution in [0.5, 0.6) is 0 Å². The molecule has 174 valence electrons. The molecule has 33 heavy (non-hydrogen) atoms. The van der Waals surface area contributed by atoms with Crippen molar-refractivity contribution in [1.29, 1.82) is 0 Å². The van der Waals surface area contributed by atoms with Gasteiger partial charge in [-0.3, -0.25) is 0 Å². The van der Waals surface area contributed by atoms with Crippen LogP contribution in [0.4, 0.5) is 11.4 Å². The molecule has 0 radical (unpaired) electrons. The normalized spacial score (nSPS) is 15.8. The van der Waals surface area contributed by atoms with Gasteiger partial charge in [0.15, 0.2) is 0 Å². The number of aliphatic hydroxyl groups excluding tert-OH is 1. The minimum atomic E-state index is -1.26. The van der Waals surface area contributed by atoms with Crippen LogP contribution in [0.3, 0.4) is 0 Å². The van der Waals surface area contributed by atoms with E-state index in [0.29, 0.717) is 12.2 Å². The summed E-state index contributed by atoms with van der Waals surface area (Å²) >= 11 is 0. The summed E-state index contributed by atoms with van der Waals surface area (Å²) in [6, 6.07) is 17.3. The van der Waals surface area contributed by atoms with Gasteiger partial charge >= 0.3 is 11.9 Å². The lowest BCUT2D eigenvalue weighted by Gasteiger charge is -2.31. The van der Waals surface area contributed by atoms with Gasteiger partial charge in [-0.05, 0) is 49.1 Å². The Bertz CT molecular complexity index is 944. The Morgan fingerprint density at radius 1 is 0.818 bits per heavy atom. The number of benzene rings is 2. The predicted octanol–water partition coefficient (Wildman–Crippen LogP) is 3.87. The summed E-state index contributed by atoms with van der Waals surface area (Å²) in [5.74, 6) is -2.51. The maximum atomic E-state index is 9.66. The summed E-state index contributed by atoms with van der Waals surface area (Å²) in [5, 5.41) is 25.3. The Morgan fingerprint density at radius 3 is 1.79 bits per heavy atom. The van der Waals surface area contributed by atoms with Crippen LogP contribution in [0.1, 0.15) is 30.4 Å². The van der Waals surface area contributed by atoms with E-state index in [1.54, 1.807) is 0 Å². The highest BCUT2D eigenvalue weighted by Gasteiger charge is 2.19. The second-order valence-electron chi connectivity index (χ2n) is 8.04. The molecule has 2 aliphatic heterocycles. The van der Waals surface area contributed by atoms with Crippen LogP contribution in [0, 0.1) is 0 Å². The average molecular weight is 451 g/mol. The molecule has 1 saturated heterocycles. The number of nitrogens with zero attached hydrogens (tertiary/aromatic N) is 2. The number of hydrogen-bond donors (Lipinski definition) is 3. The molecule has 0 bridgehead atoms. The van der Waals surface area contributed by atoms with Gasteiger partial charge in [0.2, 0.25) is 0 Å². The van der Waals surface area contributed by atoms with E-state index in [4.69, 9.17) is 10.2 Å². The first kappa shape index (κ1) is 24.2. The van der Waals surface area contributed by atoms with Crippen molar-refractivity contribution in [2.24, 2.45) is 0 Å². The first-order valence-corrected chi connectivity index (χ1v) is 11.1. The van der Waals surface area contributed by atoms with Gasteiger partial charge in [0.25, 0.3) is 0 Å². The zero-order chi connectivity index (χ0) is 23.6. The second-order valence-corrected chi connectivity index (χ2v) is 8.04. The largest absolute Gasteiger partial charge is 0.478 e. The van der Waals surface area contributed by atoms with Crippen molar-refractivity contribution in [3.8, 4) is 0 Å². The number of hydrogen-bond acceptors (Lipinski definition) is 5. The summed E-state index contributed by atoms with van der Waals surface area (Å²) in [6.45, 7) is 4.15. The third-order valence-corrected chi connectivity index (χ3v) is 5.68. The fourth-order valence-corrected chi connectivity index (χ4v) is 4.04. The van der Waals surface area contributed by atoms with Gasteiger partial charge in [0.1, 0.15) is 0 Å². The molecule has 0 atom stereocenters. The van der Waals surface area contributed by atoms with Crippen molar-refractivity contribution in [2.75, 3.05) is 31.1 Å². The molecule has 3 N–H and O–H groups in total. The fourth-order valence-electron chi connectivity index (χ4n) is 4.04. The molecule has 7 heteroatoms. The summed E-state index contributed by atoms with van der Waals surface area (Å²) in [5.41, 5.74) is 5.13. The monoisotopic (exact) mass is 450 g/mol. The van der Waals surface area contributed by atoms with Crippen LogP contribution < -0.4 is 4.90 Å². The van der Waals surface area contributed by atoms with Crippen molar-refractivity contribution in [1.82, 2.24) is 4.90 Å². The van der Waals surface area contributed by atoms with E-state index in [-0.39, 0.29) is 6.10 Å². The lowest BCUT2D eigenvalue weighted by molar-refractivity contribution is -0.134. The van der Waals surface area contributed by atoms with E-state index in [2.05, 4.69) is 70.5 Å². The smallest absolute Gasteiger partial charge is 0.328 e. The number of aliphatic carboxylic acids is 2. The van der Waals surface area contributed by atoms with Crippen molar-refractivity contribution in [3.05, 3.63) is 71.8 Å². The van der Waals surface area contributed by atoms with Crippen LogP contribution in [-0.4, -0.2) is 64.4 Å². The van der Waals surface area contributed by atoms with Crippen LogP contribution in [0.15, 0.2) is 60.7 Å². The van der Waals surface area contributed by atoms with Crippen molar-refractivity contribution < 1.29 is 24.9 Å². The topological polar surface area (TPSA) is 101 Å². The summed E-state index contributed by atoms with van der Waals surface area (Å²) in [6.07, 6.45) is 8.43. The number of carbonyl (C=O) groups is 2. The quantitative estimate of drug-likeness (QED) is 0.575. The van der Waals surface area contributed by atoms with Gasteiger partial charge in [0.05, 0.1) is 6.10 Å². The van der Waals surface area contributed by atoms with E-state index in [9.17, 15) is 14.7 Å². The average Bonchev–Trinajstić information content (AvgIpc) is 2.97. The molecule has 2 aliphatic rings. The van der Waals surface area contributed by atoms with Crippen LogP contribution in [0.25, 0.3) is 12.2 Å². The molecule has 7 nitrogen and oxygen atoms in total. The number of fused-ring (bicyclic) bond motifs is 2. The summed E-state index contributed by atoms with van der Waals surface area (Å²) in [4.78, 5) is 24.1. The van der Waals surface area contributed by atoms with Crippen LogP contribution >= 0.6 is 0 Å². The molecule has 0 aromatic heterocycles. The fraction of sp³-hybridized carbons (Fsp3) is 0.308. The standard InChI is InChI=1S/C22H26N2O.C4H4O4/c25-20-12-16-23(17-13-20)14-5-15-24-21-8-3-1-6-18(21)10-11-19-7-2-4-9-22(19)24;5-3(6)1-2-4(7)8/h1-4,6-11,20,25H,5,12-17H2;1-2H,(H,5,6)(H,7,8)/b;2-1+. The molecule has 4 rings (SSSR count). The zero-order valence-electron chi connectivity index (χ0n) is 18.5. The van der Waals surface area contributed by atoms with Crippen molar-refractivity contribution in [2.45, 2.75) is 25.4 Å². The molecular formula is C26H30N2O5. The third-order valence-electron chi connectivity index (χ3n) is 5.68. The number of carboxylic acid groups (broad SMARTS) is 2. The number of rotatable bonds is 6. The molecule has 0 amide bonds. The predicted molar refractivity (Wildman–Crippen MR) is 130 cm³/mol. The van der Waals surface area contributed by atoms with E-state index >= 15 is 0 Å². The summed E-state index contributed by atoms with van der Waals surface area (Å²) in [7, 11) is 0. The van der Waals surface area contributed by atoms with E-state index in [0.717, 1.165) is 45.4 Å². The Labute approximate surface area is 193 Å². The van der Waals surface area contributed by atoms with E-state index in [1.807, 2.05) is 0 Å². The van der Waals surface area contributed by atoms with E-state index < -0.39 is 11.9 Å². The molecule has 2 heterocycles. The first-order valence-electron chi connectivity index (χ1n) is 11.1. The Kier molecular flexibility index (Phi) is 8.80. The lowest BCUT2D eigenvalue weighted by atomic mass is 10.1. The Hall–Kier alpha value is -3.42. The molecule has 0 spiro atoms. The van der Waals surface area contributed by atoms with Gasteiger partial charge in [-0.15, -0.1) is 0 Å². The number of likely N-dealkylation sites (tertiary alicyclic amines) is 1. The number of piperidine rings is 1. The van der Waals surface area contributed by atoms with Gasteiger partial charge < -0.3 is 25.1 Å². The van der Waals surface area contributed by atoms with Gasteiger partial charge in [-0.2, -0.15) is 0 Å². The van der Waals surface area contributed by atoms with Gasteiger partial charge in [0, 0.05) is 43.2 Å². The van der Waals surface area contributed by atoms with E-state index in [1.165, 1.54) is 22.5 Å². The number of aliphatic hydroxyl groups is 1. The number of para-hydroxylation sites is 2. The maximum absolute atomic E-state index is 9.66. The van der Waals surface area contributed by atoms with Crippen LogP contribution in [-0.2, 0) is 9.59 Å². The van der Waals surface area contributed by atoms with Crippen molar-refractivity contribution in [3.63, 3.8) is 0 Å². The number of anilines is 2. The maximum Gasteiger partial charge on any atom is 0.328 e. The van der Waals surface area contributed by atoms with Gasteiger partial charge in [-0.25, -0.2) is 9.59 Å². The minimum absolute atomic E-state index is 0.0910. The van der Waals surface area contributed by atoms with Gasteiger partial charge in [-0.1, -0.05) is 48.6 Å². The molecule has 0 aliphatic carbocycles. The number of carboxylic acids is 2. The zero-order valence-corrected chi connectivity index (χ0v) is 18.5. The Balaban J connectivity index is 0.000000331. The third kappa shape index (κ3) is 7.30. The molecule has 2 aromatic rings. The molecule has 0 saturated carbocycles. The molecule has 0 unspecified atom stereocenters. The first-order chi connectivity index (χ1) is 15.9. The van der Waals surface area contributed by atoms with Crippen LogP contribution in [0.2, 0.25) is 0 Å². The molecule has 2 aromatic carbocycles. The van der Waals surface area contributed by atoms with Crippen molar-refractivity contribution >= 4 is 35.5 Å². The highest BCUT2D eigenvalue weighted by Crippen LogP contribution is 2.36. The Morgan fingerprint density at radius 2 is 1.30 bits per heavy atom. The highest BCUT2D eigenvalue weighted by atomic mass is 16.4. The second kappa shape index (κ2) is 12.0. The minimum Gasteiger partial charge on any atom is -0.478 e. The summed E-state index contributed by atoms with van der Waals surface area (Å²) < 4.78 is 0. The molecular weight excluding hydrogens is 420 g/mol. The highest BCUT2D eigenvalue weighted by molar-refractivity contribution is 5.90.